The van der Waals surface area contributed by atoms with Gasteiger partial charge in [-0.15, -0.1) is 0 Å². The molecule has 1 aromatic carbocycles. The van der Waals surface area contributed by atoms with Crippen LogP contribution >= 0.6 is 0 Å². The predicted molar refractivity (Wildman–Crippen MR) is 110 cm³/mol. The Balaban J connectivity index is 1.37. The third-order valence-corrected chi connectivity index (χ3v) is 6.78. The maximum atomic E-state index is 12.9. The minimum Gasteiger partial charge on any atom is -0.368 e. The highest BCUT2D eigenvalue weighted by Crippen LogP contribution is 2.41. The van der Waals surface area contributed by atoms with Gasteiger partial charge in [-0.05, 0) is 44.1 Å². The molecule has 2 aromatic rings. The van der Waals surface area contributed by atoms with E-state index in [4.69, 9.17) is 15.5 Å². The molecule has 3 heterocycles. The first-order chi connectivity index (χ1) is 14.1. The molecule has 1 saturated carbocycles. The number of fused-ring (bicyclic) bond motifs is 2. The smallest absolute Gasteiger partial charge is 0.225 e. The van der Waals surface area contributed by atoms with Gasteiger partial charge in [0, 0.05) is 36.8 Å². The van der Waals surface area contributed by atoms with E-state index >= 15 is 0 Å². The monoisotopic (exact) mass is 392 g/mol. The summed E-state index contributed by atoms with van der Waals surface area (Å²) in [6, 6.07) is 10.3. The normalized spacial score (nSPS) is 25.8. The summed E-state index contributed by atoms with van der Waals surface area (Å²) in [4.78, 5) is 24.5. The molecule has 2 N–H and O–H groups in total. The number of likely N-dealkylation sites (tertiary alicyclic amines) is 1. The van der Waals surface area contributed by atoms with Crippen LogP contribution in [0.4, 0.5) is 0 Å². The molecule has 6 heteroatoms. The molecule has 6 nitrogen and oxygen atoms in total. The Hall–Kier alpha value is -2.31. The number of carbonyl (C=O) groups excluding carboxylic acids is 1. The number of rotatable bonds is 2. The summed E-state index contributed by atoms with van der Waals surface area (Å²) in [5.74, 6) is 1.12. The summed E-state index contributed by atoms with van der Waals surface area (Å²) in [6.07, 6.45) is 7.10. The molecule has 1 spiro atoms. The highest BCUT2D eigenvalue weighted by atomic mass is 16.5. The number of benzene rings is 1. The fourth-order valence-electron chi connectivity index (χ4n) is 5.10. The number of carbonyl (C=O) groups is 1. The Bertz CT molecular complexity index is 893. The van der Waals surface area contributed by atoms with Crippen LogP contribution in [-0.4, -0.2) is 46.5 Å². The molecule has 2 fully saturated rings. The molecule has 0 bridgehead atoms. The summed E-state index contributed by atoms with van der Waals surface area (Å²) in [5, 5.41) is 0. The van der Waals surface area contributed by atoms with E-state index in [1.54, 1.807) is 0 Å². The van der Waals surface area contributed by atoms with Gasteiger partial charge in [-0.25, -0.2) is 9.97 Å². The van der Waals surface area contributed by atoms with Crippen molar-refractivity contribution in [2.45, 2.75) is 50.2 Å². The number of hydrogen-bond donors (Lipinski definition) is 1. The first kappa shape index (κ1) is 18.7. The molecule has 3 aliphatic rings. The zero-order valence-corrected chi connectivity index (χ0v) is 16.7. The summed E-state index contributed by atoms with van der Waals surface area (Å²) < 4.78 is 6.35. The quantitative estimate of drug-likeness (QED) is 0.850. The van der Waals surface area contributed by atoms with E-state index in [1.807, 2.05) is 41.4 Å². The summed E-state index contributed by atoms with van der Waals surface area (Å²) in [5.41, 5.74) is 8.83. The number of piperidine rings is 1. The van der Waals surface area contributed by atoms with Crippen molar-refractivity contribution in [3.8, 4) is 11.4 Å². The first-order valence-corrected chi connectivity index (χ1v) is 10.7. The zero-order valence-electron chi connectivity index (χ0n) is 16.7. The minimum atomic E-state index is -0.400. The van der Waals surface area contributed by atoms with E-state index < -0.39 is 5.60 Å². The van der Waals surface area contributed by atoms with Gasteiger partial charge in [0.1, 0.15) is 5.60 Å². The van der Waals surface area contributed by atoms with Crippen LogP contribution in [0, 0.1) is 5.92 Å². The van der Waals surface area contributed by atoms with Gasteiger partial charge in [0.15, 0.2) is 5.82 Å². The largest absolute Gasteiger partial charge is 0.368 e. The SMILES string of the molecule is N[C@H]1CC[C@@H](C(=O)N2CCC3(CC2)OCCc2cnc(-c4ccccc4)nc23)C1. The molecule has 152 valence electrons. The first-order valence-electron chi connectivity index (χ1n) is 10.7. The lowest BCUT2D eigenvalue weighted by molar-refractivity contribution is -0.145. The maximum absolute atomic E-state index is 12.9. The molecule has 2 aliphatic heterocycles. The molecule has 1 aliphatic carbocycles. The van der Waals surface area contributed by atoms with Crippen molar-refractivity contribution >= 4 is 5.91 Å². The van der Waals surface area contributed by atoms with E-state index in [2.05, 4.69) is 4.98 Å². The molecule has 5 rings (SSSR count). The predicted octanol–water partition coefficient (Wildman–Crippen LogP) is 2.66. The summed E-state index contributed by atoms with van der Waals surface area (Å²) in [6.45, 7) is 2.12. The third kappa shape index (κ3) is 3.45. The summed E-state index contributed by atoms with van der Waals surface area (Å²) in [7, 11) is 0. The van der Waals surface area contributed by atoms with Gasteiger partial charge in [-0.3, -0.25) is 4.79 Å². The lowest BCUT2D eigenvalue weighted by Gasteiger charge is -2.44. The minimum absolute atomic E-state index is 0.102. The molecular formula is C23H28N4O2. The van der Waals surface area contributed by atoms with Gasteiger partial charge in [-0.2, -0.15) is 0 Å². The molecule has 2 atom stereocenters. The van der Waals surface area contributed by atoms with Crippen molar-refractivity contribution in [3.63, 3.8) is 0 Å². The third-order valence-electron chi connectivity index (χ3n) is 6.78. The second kappa shape index (κ2) is 7.50. The maximum Gasteiger partial charge on any atom is 0.225 e. The summed E-state index contributed by atoms with van der Waals surface area (Å²) >= 11 is 0. The fraction of sp³-hybridized carbons (Fsp3) is 0.522. The Kier molecular flexibility index (Phi) is 4.84. The Labute approximate surface area is 171 Å². The molecule has 1 aromatic heterocycles. The standard InChI is InChI=1S/C23H28N4O2/c24-19-7-6-17(14-19)22(28)27-11-9-23(10-12-27)20-18(8-13-29-23)15-25-21(26-20)16-4-2-1-3-5-16/h1-5,15,17,19H,6-14,24H2/t17-,19+/m1/s1. The van der Waals surface area contributed by atoms with Crippen LogP contribution in [0.2, 0.25) is 0 Å². The van der Waals surface area contributed by atoms with Gasteiger partial charge in [0.05, 0.1) is 12.3 Å². The van der Waals surface area contributed by atoms with Crippen LogP contribution in [0.1, 0.15) is 43.4 Å². The van der Waals surface area contributed by atoms with Crippen molar-refractivity contribution in [3.05, 3.63) is 47.8 Å². The molecule has 0 radical (unpaired) electrons. The average Bonchev–Trinajstić information content (AvgIpc) is 3.21. The Morgan fingerprint density at radius 3 is 2.69 bits per heavy atom. The van der Waals surface area contributed by atoms with E-state index in [0.717, 1.165) is 55.6 Å². The van der Waals surface area contributed by atoms with Crippen molar-refractivity contribution in [2.24, 2.45) is 11.7 Å². The van der Waals surface area contributed by atoms with Crippen molar-refractivity contribution < 1.29 is 9.53 Å². The lowest BCUT2D eigenvalue weighted by atomic mass is 9.82. The van der Waals surface area contributed by atoms with Crippen LogP contribution in [0.5, 0.6) is 0 Å². The Morgan fingerprint density at radius 1 is 1.17 bits per heavy atom. The molecule has 1 saturated heterocycles. The topological polar surface area (TPSA) is 81.3 Å². The van der Waals surface area contributed by atoms with Crippen molar-refractivity contribution in [1.82, 2.24) is 14.9 Å². The molecular weight excluding hydrogens is 364 g/mol. The van der Waals surface area contributed by atoms with Crippen LogP contribution < -0.4 is 5.73 Å². The van der Waals surface area contributed by atoms with Crippen LogP contribution in [0.3, 0.4) is 0 Å². The average molecular weight is 393 g/mol. The highest BCUT2D eigenvalue weighted by Gasteiger charge is 2.44. The van der Waals surface area contributed by atoms with E-state index in [9.17, 15) is 4.79 Å². The number of hydrogen-bond acceptors (Lipinski definition) is 5. The number of amides is 1. The van der Waals surface area contributed by atoms with Gasteiger partial charge < -0.3 is 15.4 Å². The number of nitrogens with zero attached hydrogens (tertiary/aromatic N) is 3. The van der Waals surface area contributed by atoms with Crippen LogP contribution in [0.15, 0.2) is 36.5 Å². The molecule has 1 amide bonds. The van der Waals surface area contributed by atoms with Crippen molar-refractivity contribution in [1.29, 1.82) is 0 Å². The van der Waals surface area contributed by atoms with Gasteiger partial charge in [0.2, 0.25) is 5.91 Å². The van der Waals surface area contributed by atoms with E-state index in [1.165, 1.54) is 5.56 Å². The number of aromatic nitrogens is 2. The van der Waals surface area contributed by atoms with Gasteiger partial charge in [-0.1, -0.05) is 30.3 Å². The molecule has 0 unspecified atom stereocenters. The number of nitrogens with two attached hydrogens (primary N) is 1. The van der Waals surface area contributed by atoms with Crippen LogP contribution in [-0.2, 0) is 21.6 Å². The fourth-order valence-corrected chi connectivity index (χ4v) is 5.10. The second-order valence-corrected chi connectivity index (χ2v) is 8.62. The second-order valence-electron chi connectivity index (χ2n) is 8.62. The highest BCUT2D eigenvalue weighted by molar-refractivity contribution is 5.79. The van der Waals surface area contributed by atoms with Gasteiger partial charge in [0.25, 0.3) is 0 Å². The Morgan fingerprint density at radius 2 is 1.97 bits per heavy atom. The zero-order chi connectivity index (χ0) is 19.8. The lowest BCUT2D eigenvalue weighted by Crippen LogP contribution is -2.50. The van der Waals surface area contributed by atoms with Crippen molar-refractivity contribution in [2.75, 3.05) is 19.7 Å². The van der Waals surface area contributed by atoms with E-state index in [-0.39, 0.29) is 17.9 Å². The van der Waals surface area contributed by atoms with Gasteiger partial charge >= 0.3 is 0 Å². The molecule has 29 heavy (non-hydrogen) atoms. The van der Waals surface area contributed by atoms with Crippen LogP contribution in [0.25, 0.3) is 11.4 Å². The van der Waals surface area contributed by atoms with E-state index in [0.29, 0.717) is 19.7 Å². The number of ether oxygens (including phenoxy) is 1.